The molecule has 0 saturated carbocycles. The molecule has 3 N–H and O–H groups in total. The summed E-state index contributed by atoms with van der Waals surface area (Å²) in [4.78, 5) is 0. The summed E-state index contributed by atoms with van der Waals surface area (Å²) in [5.41, 5.74) is 1.49. The number of aliphatic hydroxyl groups is 3. The standard InChI is InChI=1S/C11H15ClO3/c1-7-4-8(6-9(12)5-7)11(15)10(14)2-3-13/h4-6,10-11,13-15H,2-3H2,1H3. The highest BCUT2D eigenvalue weighted by Gasteiger charge is 2.18. The van der Waals surface area contributed by atoms with Crippen LogP contribution in [-0.2, 0) is 0 Å². The summed E-state index contributed by atoms with van der Waals surface area (Å²) in [5, 5.41) is 28.4. The van der Waals surface area contributed by atoms with E-state index in [1.165, 1.54) is 0 Å². The number of halogens is 1. The second kappa shape index (κ2) is 5.47. The van der Waals surface area contributed by atoms with Crippen molar-refractivity contribution >= 4 is 11.6 Å². The lowest BCUT2D eigenvalue weighted by Crippen LogP contribution is -2.19. The normalized spacial score (nSPS) is 15.0. The molecule has 0 aliphatic carbocycles. The average molecular weight is 231 g/mol. The van der Waals surface area contributed by atoms with Crippen LogP contribution in [0.5, 0.6) is 0 Å². The van der Waals surface area contributed by atoms with Crippen molar-refractivity contribution in [3.63, 3.8) is 0 Å². The van der Waals surface area contributed by atoms with Crippen LogP contribution in [0.1, 0.15) is 23.7 Å². The highest BCUT2D eigenvalue weighted by molar-refractivity contribution is 6.30. The quantitative estimate of drug-likeness (QED) is 0.733. The smallest absolute Gasteiger partial charge is 0.105 e. The first kappa shape index (κ1) is 12.5. The van der Waals surface area contributed by atoms with E-state index in [9.17, 15) is 10.2 Å². The maximum Gasteiger partial charge on any atom is 0.105 e. The molecule has 0 amide bonds. The van der Waals surface area contributed by atoms with E-state index in [0.717, 1.165) is 5.56 Å². The molecular formula is C11H15ClO3. The van der Waals surface area contributed by atoms with Gasteiger partial charge in [0, 0.05) is 11.6 Å². The van der Waals surface area contributed by atoms with Gasteiger partial charge in [-0.15, -0.1) is 0 Å². The van der Waals surface area contributed by atoms with Crippen LogP contribution >= 0.6 is 11.6 Å². The van der Waals surface area contributed by atoms with Crippen molar-refractivity contribution in [2.75, 3.05) is 6.61 Å². The van der Waals surface area contributed by atoms with E-state index < -0.39 is 12.2 Å². The van der Waals surface area contributed by atoms with E-state index in [0.29, 0.717) is 10.6 Å². The van der Waals surface area contributed by atoms with Crippen molar-refractivity contribution in [3.05, 3.63) is 34.3 Å². The zero-order valence-electron chi connectivity index (χ0n) is 8.52. The Balaban J connectivity index is 2.85. The van der Waals surface area contributed by atoms with Crippen molar-refractivity contribution < 1.29 is 15.3 Å². The highest BCUT2D eigenvalue weighted by Crippen LogP contribution is 2.23. The Hall–Kier alpha value is -0.610. The van der Waals surface area contributed by atoms with Gasteiger partial charge in [-0.05, 0) is 36.6 Å². The average Bonchev–Trinajstić information content (AvgIpc) is 2.15. The van der Waals surface area contributed by atoms with Gasteiger partial charge in [0.15, 0.2) is 0 Å². The Morgan fingerprint density at radius 3 is 2.47 bits per heavy atom. The third-order valence-corrected chi connectivity index (χ3v) is 2.41. The molecule has 0 spiro atoms. The number of aliphatic hydroxyl groups excluding tert-OH is 3. The summed E-state index contributed by atoms with van der Waals surface area (Å²) < 4.78 is 0. The topological polar surface area (TPSA) is 60.7 Å². The Labute approximate surface area is 93.9 Å². The van der Waals surface area contributed by atoms with Gasteiger partial charge in [-0.3, -0.25) is 0 Å². The molecule has 1 rings (SSSR count). The Kier molecular flexibility index (Phi) is 4.54. The van der Waals surface area contributed by atoms with Crippen molar-refractivity contribution in [1.29, 1.82) is 0 Å². The monoisotopic (exact) mass is 230 g/mol. The van der Waals surface area contributed by atoms with Crippen LogP contribution in [0.2, 0.25) is 5.02 Å². The van der Waals surface area contributed by atoms with Crippen molar-refractivity contribution in [2.45, 2.75) is 25.6 Å². The van der Waals surface area contributed by atoms with Gasteiger partial charge in [0.05, 0.1) is 6.10 Å². The molecular weight excluding hydrogens is 216 g/mol. The molecule has 0 heterocycles. The summed E-state index contributed by atoms with van der Waals surface area (Å²) in [7, 11) is 0. The van der Waals surface area contributed by atoms with Crippen LogP contribution in [-0.4, -0.2) is 28.0 Å². The van der Waals surface area contributed by atoms with Crippen LogP contribution in [0.4, 0.5) is 0 Å². The number of hydrogen-bond donors (Lipinski definition) is 3. The Bertz CT molecular complexity index is 307. The molecule has 1 aromatic rings. The molecule has 4 heteroatoms. The minimum atomic E-state index is -1.01. The first-order chi connectivity index (χ1) is 7.04. The molecule has 0 radical (unpaired) electrons. The maximum atomic E-state index is 9.75. The minimum Gasteiger partial charge on any atom is -0.396 e. The fourth-order valence-electron chi connectivity index (χ4n) is 1.45. The van der Waals surface area contributed by atoms with Gasteiger partial charge in [-0.1, -0.05) is 17.7 Å². The van der Waals surface area contributed by atoms with E-state index in [-0.39, 0.29) is 13.0 Å². The van der Waals surface area contributed by atoms with E-state index in [2.05, 4.69) is 0 Å². The van der Waals surface area contributed by atoms with Crippen LogP contribution in [0, 0.1) is 6.92 Å². The molecule has 84 valence electrons. The van der Waals surface area contributed by atoms with Gasteiger partial charge in [-0.25, -0.2) is 0 Å². The van der Waals surface area contributed by atoms with E-state index in [1.54, 1.807) is 18.2 Å². The van der Waals surface area contributed by atoms with Crippen molar-refractivity contribution in [1.82, 2.24) is 0 Å². The second-order valence-electron chi connectivity index (χ2n) is 3.59. The zero-order valence-corrected chi connectivity index (χ0v) is 9.28. The zero-order chi connectivity index (χ0) is 11.4. The Morgan fingerprint density at radius 2 is 1.93 bits per heavy atom. The number of benzene rings is 1. The molecule has 2 unspecified atom stereocenters. The lowest BCUT2D eigenvalue weighted by atomic mass is 10.0. The summed E-state index contributed by atoms with van der Waals surface area (Å²) >= 11 is 5.83. The highest BCUT2D eigenvalue weighted by atomic mass is 35.5. The summed E-state index contributed by atoms with van der Waals surface area (Å²) in [6, 6.07) is 5.15. The molecule has 1 aromatic carbocycles. The fourth-order valence-corrected chi connectivity index (χ4v) is 1.75. The summed E-state index contributed by atoms with van der Waals surface area (Å²) in [5.74, 6) is 0. The predicted molar refractivity (Wildman–Crippen MR) is 58.9 cm³/mol. The van der Waals surface area contributed by atoms with Gasteiger partial charge in [-0.2, -0.15) is 0 Å². The lowest BCUT2D eigenvalue weighted by Gasteiger charge is -2.17. The first-order valence-corrected chi connectivity index (χ1v) is 5.16. The lowest BCUT2D eigenvalue weighted by molar-refractivity contribution is 0.00420. The van der Waals surface area contributed by atoms with Crippen LogP contribution < -0.4 is 0 Å². The third kappa shape index (κ3) is 3.47. The molecule has 0 aliphatic rings. The third-order valence-electron chi connectivity index (χ3n) is 2.20. The van der Waals surface area contributed by atoms with Gasteiger partial charge in [0.2, 0.25) is 0 Å². The van der Waals surface area contributed by atoms with Crippen LogP contribution in [0.15, 0.2) is 18.2 Å². The summed E-state index contributed by atoms with van der Waals surface area (Å²) in [6.07, 6.45) is -1.82. The van der Waals surface area contributed by atoms with E-state index in [4.69, 9.17) is 16.7 Å². The van der Waals surface area contributed by atoms with Crippen molar-refractivity contribution in [2.24, 2.45) is 0 Å². The summed E-state index contributed by atoms with van der Waals surface area (Å²) in [6.45, 7) is 1.71. The minimum absolute atomic E-state index is 0.146. The van der Waals surface area contributed by atoms with Crippen LogP contribution in [0.25, 0.3) is 0 Å². The molecule has 15 heavy (non-hydrogen) atoms. The van der Waals surface area contributed by atoms with E-state index in [1.807, 2.05) is 6.92 Å². The second-order valence-corrected chi connectivity index (χ2v) is 4.02. The first-order valence-electron chi connectivity index (χ1n) is 4.78. The molecule has 0 fully saturated rings. The Morgan fingerprint density at radius 1 is 1.27 bits per heavy atom. The van der Waals surface area contributed by atoms with Gasteiger partial charge in [0.25, 0.3) is 0 Å². The van der Waals surface area contributed by atoms with Gasteiger partial charge >= 0.3 is 0 Å². The molecule has 0 aliphatic heterocycles. The number of aryl methyl sites for hydroxylation is 1. The van der Waals surface area contributed by atoms with Crippen LogP contribution in [0.3, 0.4) is 0 Å². The molecule has 2 atom stereocenters. The number of rotatable bonds is 4. The number of hydrogen-bond acceptors (Lipinski definition) is 3. The van der Waals surface area contributed by atoms with Gasteiger partial charge in [0.1, 0.15) is 6.10 Å². The van der Waals surface area contributed by atoms with E-state index >= 15 is 0 Å². The predicted octanol–water partition coefficient (Wildman–Crippen LogP) is 1.43. The molecule has 0 aromatic heterocycles. The SMILES string of the molecule is Cc1cc(Cl)cc(C(O)C(O)CCO)c1. The molecule has 0 bridgehead atoms. The fraction of sp³-hybridized carbons (Fsp3) is 0.455. The van der Waals surface area contributed by atoms with Gasteiger partial charge < -0.3 is 15.3 Å². The molecule has 0 saturated heterocycles. The molecule has 3 nitrogen and oxygen atoms in total. The largest absolute Gasteiger partial charge is 0.396 e. The maximum absolute atomic E-state index is 9.75. The van der Waals surface area contributed by atoms with Crippen molar-refractivity contribution in [3.8, 4) is 0 Å².